The average Bonchev–Trinajstić information content (AvgIpc) is 3.08. The summed E-state index contributed by atoms with van der Waals surface area (Å²) in [7, 11) is 0. The summed E-state index contributed by atoms with van der Waals surface area (Å²) in [5, 5.41) is 10.1. The summed E-state index contributed by atoms with van der Waals surface area (Å²) in [6, 6.07) is 6.41. The van der Waals surface area contributed by atoms with Gasteiger partial charge in [0.05, 0.1) is 30.9 Å². The molecule has 5 heterocycles. The molecule has 6 atom stereocenters. The molecule has 134 valence electrons. The highest BCUT2D eigenvalue weighted by atomic mass is 16.5. The summed E-state index contributed by atoms with van der Waals surface area (Å²) >= 11 is 0. The van der Waals surface area contributed by atoms with Gasteiger partial charge in [0, 0.05) is 30.0 Å². The summed E-state index contributed by atoms with van der Waals surface area (Å²) in [5.74, 6) is 1.34. The normalized spacial score (nSPS) is 44.6. The monoisotopic (exact) mass is 350 g/mol. The third kappa shape index (κ3) is 1.37. The highest BCUT2D eigenvalue weighted by Crippen LogP contribution is 2.65. The lowest BCUT2D eigenvalue weighted by molar-refractivity contribution is -0.132. The van der Waals surface area contributed by atoms with Gasteiger partial charge < -0.3 is 14.7 Å². The number of fused-ring (bicyclic) bond motifs is 2. The molecule has 5 heteroatoms. The van der Waals surface area contributed by atoms with Gasteiger partial charge in [-0.05, 0) is 36.9 Å². The van der Waals surface area contributed by atoms with Crippen molar-refractivity contribution in [2.75, 3.05) is 24.6 Å². The molecule has 6 aliphatic rings. The van der Waals surface area contributed by atoms with E-state index in [4.69, 9.17) is 4.74 Å². The number of rotatable bonds is 0. The van der Waals surface area contributed by atoms with Gasteiger partial charge in [-0.2, -0.15) is 0 Å². The number of phenolic OH excluding ortho intramolecular Hbond substituents is 1. The van der Waals surface area contributed by atoms with E-state index < -0.39 is 0 Å². The number of benzene rings is 1. The van der Waals surface area contributed by atoms with E-state index in [1.165, 1.54) is 17.6 Å². The van der Waals surface area contributed by atoms with Gasteiger partial charge in [-0.25, -0.2) is 0 Å². The van der Waals surface area contributed by atoms with Crippen molar-refractivity contribution in [2.45, 2.75) is 42.9 Å². The van der Waals surface area contributed by atoms with E-state index in [1.54, 1.807) is 6.07 Å². The van der Waals surface area contributed by atoms with Crippen LogP contribution in [0.1, 0.15) is 24.8 Å². The van der Waals surface area contributed by atoms with Crippen LogP contribution in [0, 0.1) is 11.8 Å². The minimum Gasteiger partial charge on any atom is -0.508 e. The Kier molecular flexibility index (Phi) is 2.38. The number of anilines is 1. The molecule has 5 aliphatic heterocycles. The molecule has 1 amide bonds. The second-order valence-electron chi connectivity index (χ2n) is 8.96. The van der Waals surface area contributed by atoms with Crippen LogP contribution in [0.2, 0.25) is 0 Å². The zero-order valence-electron chi connectivity index (χ0n) is 14.6. The number of nitrogens with zero attached hydrogens (tertiary/aromatic N) is 2. The molecule has 0 unspecified atom stereocenters. The molecular formula is C21H22N2O3. The number of aromatic hydroxyl groups is 1. The molecule has 1 N–H and O–H groups in total. The van der Waals surface area contributed by atoms with Crippen LogP contribution in [0.4, 0.5) is 5.69 Å². The highest BCUT2D eigenvalue weighted by molar-refractivity contribution is 5.99. The van der Waals surface area contributed by atoms with Crippen LogP contribution in [-0.2, 0) is 14.9 Å². The Morgan fingerprint density at radius 2 is 2.23 bits per heavy atom. The zero-order valence-corrected chi connectivity index (χ0v) is 14.6. The molecule has 0 radical (unpaired) electrons. The largest absolute Gasteiger partial charge is 0.508 e. The van der Waals surface area contributed by atoms with E-state index in [9.17, 15) is 9.90 Å². The van der Waals surface area contributed by atoms with Crippen LogP contribution in [0.15, 0.2) is 29.8 Å². The van der Waals surface area contributed by atoms with E-state index in [-0.39, 0.29) is 29.2 Å². The fourth-order valence-corrected chi connectivity index (χ4v) is 7.54. The van der Waals surface area contributed by atoms with Gasteiger partial charge in [0.25, 0.3) is 0 Å². The number of amides is 1. The smallest absolute Gasteiger partial charge is 0.229 e. The average molecular weight is 350 g/mol. The maximum Gasteiger partial charge on any atom is 0.229 e. The van der Waals surface area contributed by atoms with Crippen LogP contribution >= 0.6 is 0 Å². The van der Waals surface area contributed by atoms with Crippen LogP contribution in [0.3, 0.4) is 0 Å². The van der Waals surface area contributed by atoms with Crippen molar-refractivity contribution in [1.29, 1.82) is 0 Å². The minimum atomic E-state index is 0.0117. The Morgan fingerprint density at radius 3 is 3.15 bits per heavy atom. The van der Waals surface area contributed by atoms with Gasteiger partial charge in [-0.1, -0.05) is 17.7 Å². The maximum absolute atomic E-state index is 13.2. The molecule has 5 nitrogen and oxygen atoms in total. The van der Waals surface area contributed by atoms with Crippen molar-refractivity contribution in [3.05, 3.63) is 35.4 Å². The minimum absolute atomic E-state index is 0.0117. The predicted octanol–water partition coefficient (Wildman–Crippen LogP) is 1.80. The quantitative estimate of drug-likeness (QED) is 0.725. The van der Waals surface area contributed by atoms with Gasteiger partial charge in [0.15, 0.2) is 0 Å². The van der Waals surface area contributed by atoms with Crippen LogP contribution in [-0.4, -0.2) is 53.8 Å². The number of hydrogen-bond donors (Lipinski definition) is 1. The molecule has 1 aromatic carbocycles. The maximum atomic E-state index is 13.2. The van der Waals surface area contributed by atoms with Gasteiger partial charge >= 0.3 is 0 Å². The lowest BCUT2D eigenvalue weighted by atomic mass is 9.53. The van der Waals surface area contributed by atoms with E-state index in [0.717, 1.165) is 25.2 Å². The van der Waals surface area contributed by atoms with E-state index >= 15 is 0 Å². The summed E-state index contributed by atoms with van der Waals surface area (Å²) < 4.78 is 6.22. The molecule has 1 aromatic rings. The van der Waals surface area contributed by atoms with Crippen molar-refractivity contribution >= 4 is 11.6 Å². The SMILES string of the molecule is O=C1C[C@@H]2OCC=C3CN4CC[C@]56c7ccc(O)cc7N1[C@H]5[C@H]2[C@H]3C[C@H]46. The molecule has 1 spiro atoms. The van der Waals surface area contributed by atoms with E-state index in [2.05, 4.69) is 21.9 Å². The number of piperidine rings is 2. The van der Waals surface area contributed by atoms with Gasteiger partial charge in [-0.3, -0.25) is 9.69 Å². The van der Waals surface area contributed by atoms with Crippen molar-refractivity contribution in [3.8, 4) is 5.75 Å². The first-order valence-corrected chi connectivity index (χ1v) is 9.88. The molecule has 7 rings (SSSR count). The third-order valence-corrected chi connectivity index (χ3v) is 8.29. The number of carbonyl (C=O) groups excluding carboxylic acids is 1. The first-order valence-electron chi connectivity index (χ1n) is 9.88. The standard InChI is InChI=1S/C21H22N2O3/c24-12-1-2-14-15(7-12)23-18(25)9-16-19-13-8-17-21(14,20(19)23)4-5-22(17)10-11(13)3-6-26-16/h1-3,7,13,16-17,19-20,24H,4-6,8-10H2/t13-,16-,17-,19-,20-,21+/m0/s1. The van der Waals surface area contributed by atoms with Gasteiger partial charge in [0.2, 0.25) is 5.91 Å². The number of ether oxygens (including phenoxy) is 1. The first-order chi connectivity index (χ1) is 12.7. The Labute approximate surface area is 152 Å². The molecule has 26 heavy (non-hydrogen) atoms. The van der Waals surface area contributed by atoms with Crippen LogP contribution < -0.4 is 4.90 Å². The third-order valence-electron chi connectivity index (χ3n) is 8.29. The first kappa shape index (κ1) is 14.2. The van der Waals surface area contributed by atoms with Crippen molar-refractivity contribution in [2.24, 2.45) is 11.8 Å². The molecule has 4 fully saturated rings. The van der Waals surface area contributed by atoms with E-state index in [0.29, 0.717) is 30.9 Å². The molecule has 1 saturated carbocycles. The molecule has 3 saturated heterocycles. The Hall–Kier alpha value is -1.85. The fourth-order valence-electron chi connectivity index (χ4n) is 7.54. The summed E-state index contributed by atoms with van der Waals surface area (Å²) in [5.41, 5.74) is 3.80. The fraction of sp³-hybridized carbons (Fsp3) is 0.571. The molecule has 2 bridgehead atoms. The number of phenols is 1. The summed E-state index contributed by atoms with van der Waals surface area (Å²) in [6.45, 7) is 2.82. The Bertz CT molecular complexity index is 895. The predicted molar refractivity (Wildman–Crippen MR) is 95.1 cm³/mol. The lowest BCUT2D eigenvalue weighted by Crippen LogP contribution is -2.69. The van der Waals surface area contributed by atoms with Gasteiger partial charge in [0.1, 0.15) is 5.75 Å². The van der Waals surface area contributed by atoms with Crippen molar-refractivity contribution < 1.29 is 14.6 Å². The van der Waals surface area contributed by atoms with Crippen LogP contribution in [0.25, 0.3) is 0 Å². The summed E-state index contributed by atoms with van der Waals surface area (Å²) in [6.07, 6.45) is 5.10. The highest BCUT2D eigenvalue weighted by Gasteiger charge is 2.70. The lowest BCUT2D eigenvalue weighted by Gasteiger charge is -2.58. The Balaban J connectivity index is 1.55. The second-order valence-corrected chi connectivity index (χ2v) is 8.96. The number of carbonyl (C=O) groups is 1. The van der Waals surface area contributed by atoms with E-state index in [1.807, 2.05) is 6.07 Å². The summed E-state index contributed by atoms with van der Waals surface area (Å²) in [4.78, 5) is 17.9. The molecule has 0 aromatic heterocycles. The van der Waals surface area contributed by atoms with Crippen molar-refractivity contribution in [1.82, 2.24) is 4.90 Å². The molecule has 1 aliphatic carbocycles. The topological polar surface area (TPSA) is 53.0 Å². The van der Waals surface area contributed by atoms with Crippen LogP contribution in [0.5, 0.6) is 5.75 Å². The molecular weight excluding hydrogens is 328 g/mol. The van der Waals surface area contributed by atoms with Gasteiger partial charge in [-0.15, -0.1) is 0 Å². The Morgan fingerprint density at radius 1 is 1.31 bits per heavy atom. The second kappa shape index (κ2) is 4.34. The van der Waals surface area contributed by atoms with Crippen molar-refractivity contribution in [3.63, 3.8) is 0 Å². The number of hydrogen-bond acceptors (Lipinski definition) is 4. The zero-order chi connectivity index (χ0) is 17.2.